The first-order valence-corrected chi connectivity index (χ1v) is 8.80. The lowest BCUT2D eigenvalue weighted by molar-refractivity contribution is -0.117. The zero-order valence-electron chi connectivity index (χ0n) is 15.2. The highest BCUT2D eigenvalue weighted by Crippen LogP contribution is 2.27. The summed E-state index contributed by atoms with van der Waals surface area (Å²) in [5, 5.41) is 5.84. The minimum atomic E-state index is -0.570. The normalized spacial score (nSPS) is 13.2. The number of nitrogens with two attached hydrogens (primary N) is 1. The van der Waals surface area contributed by atoms with E-state index in [9.17, 15) is 9.59 Å². The zero-order valence-corrected chi connectivity index (χ0v) is 15.2. The number of hydrogen-bond acceptors (Lipinski definition) is 3. The summed E-state index contributed by atoms with van der Waals surface area (Å²) in [4.78, 5) is 29.2. The summed E-state index contributed by atoms with van der Waals surface area (Å²) >= 11 is 0. The molecule has 4 N–H and O–H groups in total. The van der Waals surface area contributed by atoms with Crippen molar-refractivity contribution < 1.29 is 9.59 Å². The first-order chi connectivity index (χ1) is 13.1. The Balaban J connectivity index is 1.59. The third-order valence-electron chi connectivity index (χ3n) is 4.44. The van der Waals surface area contributed by atoms with Gasteiger partial charge in [-0.25, -0.2) is 0 Å². The van der Waals surface area contributed by atoms with Gasteiger partial charge in [0.25, 0.3) is 5.91 Å². The van der Waals surface area contributed by atoms with Gasteiger partial charge < -0.3 is 21.3 Å². The number of amides is 2. The van der Waals surface area contributed by atoms with Crippen molar-refractivity contribution in [2.24, 2.45) is 10.7 Å². The summed E-state index contributed by atoms with van der Waals surface area (Å²) in [6.45, 7) is 1.32. The minimum Gasteiger partial charge on any atom is -0.368 e. The largest absolute Gasteiger partial charge is 0.368 e. The molecule has 2 aromatic rings. The van der Waals surface area contributed by atoms with Gasteiger partial charge in [0.2, 0.25) is 5.91 Å². The fourth-order valence-electron chi connectivity index (χ4n) is 3.08. The Hall–Kier alpha value is -3.35. The summed E-state index contributed by atoms with van der Waals surface area (Å²) < 4.78 is 0. The highest BCUT2D eigenvalue weighted by Gasteiger charge is 2.22. The first-order valence-electron chi connectivity index (χ1n) is 8.80. The van der Waals surface area contributed by atoms with Crippen LogP contribution >= 0.6 is 0 Å². The number of nitrogens with one attached hydrogen (secondary N) is 2. The molecule has 1 aliphatic rings. The van der Waals surface area contributed by atoms with Crippen molar-refractivity contribution in [2.45, 2.75) is 13.0 Å². The second-order valence-corrected chi connectivity index (χ2v) is 6.28. The van der Waals surface area contributed by atoms with Crippen LogP contribution in [0.4, 0.5) is 5.69 Å². The molecule has 27 heavy (non-hydrogen) atoms. The Labute approximate surface area is 158 Å². The highest BCUT2D eigenvalue weighted by molar-refractivity contribution is 5.98. The van der Waals surface area contributed by atoms with Crippen molar-refractivity contribution in [2.75, 3.05) is 25.0 Å². The van der Waals surface area contributed by atoms with Crippen LogP contribution in [0.15, 0.2) is 53.5 Å². The fourth-order valence-corrected chi connectivity index (χ4v) is 3.08. The summed E-state index contributed by atoms with van der Waals surface area (Å²) in [6, 6.07) is 15.5. The molecule has 0 saturated heterocycles. The molecule has 2 aromatic carbocycles. The Kier molecular flexibility index (Phi) is 5.71. The standard InChI is InChI=1S/C20H23N5O2/c1-22-20(25-11-10-15-4-2-3-5-17(15)25)24-12-14-6-8-16(9-7-14)19(27)23-13-18(21)26/h2-9H,10-13H2,1H3,(H2,21,26)(H,22,24)(H,23,27). The number of rotatable bonds is 5. The molecule has 1 aliphatic heterocycles. The maximum atomic E-state index is 11.9. The number of fused-ring (bicyclic) bond motifs is 1. The lowest BCUT2D eigenvalue weighted by Crippen LogP contribution is -2.40. The topological polar surface area (TPSA) is 99.8 Å². The molecule has 0 unspecified atom stereocenters. The van der Waals surface area contributed by atoms with Crippen molar-refractivity contribution in [1.82, 2.24) is 10.6 Å². The van der Waals surface area contributed by atoms with Crippen molar-refractivity contribution in [3.63, 3.8) is 0 Å². The lowest BCUT2D eigenvalue weighted by atomic mass is 10.1. The Morgan fingerprint density at radius 2 is 1.85 bits per heavy atom. The first kappa shape index (κ1) is 18.4. The van der Waals surface area contributed by atoms with E-state index in [1.165, 1.54) is 11.3 Å². The van der Waals surface area contributed by atoms with Crippen molar-refractivity contribution in [3.05, 3.63) is 65.2 Å². The van der Waals surface area contributed by atoms with Gasteiger partial charge in [-0.05, 0) is 35.7 Å². The molecular formula is C20H23N5O2. The molecule has 0 bridgehead atoms. The van der Waals surface area contributed by atoms with Crippen LogP contribution in [0, 0.1) is 0 Å². The average Bonchev–Trinajstić information content (AvgIpc) is 3.11. The van der Waals surface area contributed by atoms with Gasteiger partial charge in [0.1, 0.15) is 0 Å². The molecule has 0 radical (unpaired) electrons. The number of para-hydroxylation sites is 1. The number of primary amides is 1. The van der Waals surface area contributed by atoms with Crippen molar-refractivity contribution in [1.29, 1.82) is 0 Å². The quantitative estimate of drug-likeness (QED) is 0.544. The lowest BCUT2D eigenvalue weighted by Gasteiger charge is -2.22. The van der Waals surface area contributed by atoms with E-state index in [0.29, 0.717) is 12.1 Å². The number of guanidine groups is 1. The van der Waals surface area contributed by atoms with E-state index < -0.39 is 5.91 Å². The van der Waals surface area contributed by atoms with Gasteiger partial charge >= 0.3 is 0 Å². The summed E-state index contributed by atoms with van der Waals surface area (Å²) in [5.74, 6) is -0.0694. The van der Waals surface area contributed by atoms with Crippen LogP contribution in [0.5, 0.6) is 0 Å². The SMILES string of the molecule is CN=C(NCc1ccc(C(=O)NCC(N)=O)cc1)N1CCc2ccccc21. The van der Waals surface area contributed by atoms with Gasteiger partial charge in [-0.3, -0.25) is 14.6 Å². The van der Waals surface area contributed by atoms with E-state index in [0.717, 1.165) is 24.5 Å². The predicted molar refractivity (Wildman–Crippen MR) is 106 cm³/mol. The molecule has 1 heterocycles. The van der Waals surface area contributed by atoms with Crippen molar-refractivity contribution in [3.8, 4) is 0 Å². The number of hydrogen-bond donors (Lipinski definition) is 3. The number of aliphatic imine (C=N–C) groups is 1. The number of anilines is 1. The summed E-state index contributed by atoms with van der Waals surface area (Å²) in [5.41, 5.74) is 9.05. The van der Waals surface area contributed by atoms with E-state index in [1.807, 2.05) is 18.2 Å². The van der Waals surface area contributed by atoms with Crippen molar-refractivity contribution >= 4 is 23.5 Å². The van der Waals surface area contributed by atoms with Gasteiger partial charge in [-0.2, -0.15) is 0 Å². The van der Waals surface area contributed by atoms with Crippen LogP contribution in [-0.2, 0) is 17.8 Å². The molecule has 0 aromatic heterocycles. The third-order valence-corrected chi connectivity index (χ3v) is 4.44. The van der Waals surface area contributed by atoms with Crippen LogP contribution < -0.4 is 21.3 Å². The molecule has 0 saturated carbocycles. The van der Waals surface area contributed by atoms with Gasteiger partial charge in [0, 0.05) is 31.4 Å². The summed E-state index contributed by atoms with van der Waals surface area (Å²) in [7, 11) is 1.77. The molecule has 0 aliphatic carbocycles. The predicted octanol–water partition coefficient (Wildman–Crippen LogP) is 1.04. The zero-order chi connectivity index (χ0) is 19.2. The number of benzene rings is 2. The Morgan fingerprint density at radius 1 is 1.11 bits per heavy atom. The molecule has 7 nitrogen and oxygen atoms in total. The number of nitrogens with zero attached hydrogens (tertiary/aromatic N) is 2. The fraction of sp³-hybridized carbons (Fsp3) is 0.250. The van der Waals surface area contributed by atoms with Gasteiger partial charge in [0.05, 0.1) is 6.54 Å². The molecule has 7 heteroatoms. The van der Waals surface area contributed by atoms with E-state index in [4.69, 9.17) is 5.73 Å². The maximum absolute atomic E-state index is 11.9. The van der Waals surface area contributed by atoms with E-state index in [2.05, 4.69) is 38.7 Å². The molecule has 0 atom stereocenters. The maximum Gasteiger partial charge on any atom is 0.251 e. The number of carbonyl (C=O) groups is 2. The average molecular weight is 365 g/mol. The van der Waals surface area contributed by atoms with E-state index >= 15 is 0 Å². The Morgan fingerprint density at radius 3 is 2.56 bits per heavy atom. The smallest absolute Gasteiger partial charge is 0.251 e. The van der Waals surface area contributed by atoms with Crippen LogP contribution in [0.2, 0.25) is 0 Å². The molecule has 3 rings (SSSR count). The second kappa shape index (κ2) is 8.35. The molecule has 0 fully saturated rings. The summed E-state index contributed by atoms with van der Waals surface area (Å²) in [6.07, 6.45) is 1.01. The van der Waals surface area contributed by atoms with Gasteiger partial charge in [-0.1, -0.05) is 30.3 Å². The van der Waals surface area contributed by atoms with E-state index in [-0.39, 0.29) is 12.5 Å². The molecule has 140 valence electrons. The minimum absolute atomic E-state index is 0.171. The second-order valence-electron chi connectivity index (χ2n) is 6.28. The Bertz CT molecular complexity index is 861. The molecule has 2 amide bonds. The van der Waals surface area contributed by atoms with Crippen LogP contribution in [-0.4, -0.2) is 37.9 Å². The highest BCUT2D eigenvalue weighted by atomic mass is 16.2. The number of carbonyl (C=O) groups excluding carboxylic acids is 2. The van der Waals surface area contributed by atoms with Crippen LogP contribution in [0.3, 0.4) is 0 Å². The molecule has 0 spiro atoms. The van der Waals surface area contributed by atoms with Gasteiger partial charge in [-0.15, -0.1) is 0 Å². The molecular weight excluding hydrogens is 342 g/mol. The van der Waals surface area contributed by atoms with Gasteiger partial charge in [0.15, 0.2) is 5.96 Å². The monoisotopic (exact) mass is 365 g/mol. The van der Waals surface area contributed by atoms with Crippen LogP contribution in [0.1, 0.15) is 21.5 Å². The van der Waals surface area contributed by atoms with E-state index in [1.54, 1.807) is 19.2 Å². The van der Waals surface area contributed by atoms with Crippen LogP contribution in [0.25, 0.3) is 0 Å². The third kappa shape index (κ3) is 4.44.